The molecule has 4 heterocycles. The number of thiophene rings is 1. The number of hydrogen-bond donors (Lipinski definition) is 0. The summed E-state index contributed by atoms with van der Waals surface area (Å²) in [6.45, 7) is 17.2. The Morgan fingerprint density at radius 2 is 1.81 bits per heavy atom. The molecule has 2 aromatic heterocycles. The number of aryl methyl sites for hydroxylation is 2. The van der Waals surface area contributed by atoms with Crippen molar-refractivity contribution in [1.29, 1.82) is 0 Å². The minimum Gasteiger partial charge on any atom is -0.379 e. The first-order valence-corrected chi connectivity index (χ1v) is 12.7. The Morgan fingerprint density at radius 1 is 1.06 bits per heavy atom. The van der Waals surface area contributed by atoms with E-state index < -0.39 is 0 Å². The summed E-state index contributed by atoms with van der Waals surface area (Å²) in [6, 6.07) is 7.91. The van der Waals surface area contributed by atoms with E-state index in [1.807, 2.05) is 19.2 Å². The van der Waals surface area contributed by atoms with E-state index in [0.29, 0.717) is 0 Å². The lowest BCUT2D eigenvalue weighted by atomic mass is 9.66. The average molecular weight is 460 g/mol. The molecule has 6 heteroatoms. The number of nitrogens with zero attached hydrogens (tertiary/aromatic N) is 3. The number of rotatable bonds is 7. The zero-order chi connectivity index (χ0) is 23.0. The molecule has 0 spiro atoms. The van der Waals surface area contributed by atoms with Crippen molar-refractivity contribution in [2.24, 2.45) is 5.41 Å². The fourth-order valence-electron chi connectivity index (χ4n) is 5.68. The molecule has 0 aliphatic carbocycles. The van der Waals surface area contributed by atoms with Crippen LogP contribution in [0.5, 0.6) is 0 Å². The first-order valence-electron chi connectivity index (χ1n) is 11.9. The number of aromatic nitrogens is 1. The summed E-state index contributed by atoms with van der Waals surface area (Å²) < 4.78 is 19.3. The molecule has 2 fully saturated rings. The SMILES string of the molecule is Cc1ccc(C(C)(C)N2CC[C@@](CCc3ccc(F)s3)(C(C)(C)N3CCOCC3)C2)cn1. The lowest BCUT2D eigenvalue weighted by molar-refractivity contribution is -0.0697. The monoisotopic (exact) mass is 459 g/mol. The van der Waals surface area contributed by atoms with E-state index >= 15 is 0 Å². The lowest BCUT2D eigenvalue weighted by Crippen LogP contribution is -2.60. The van der Waals surface area contributed by atoms with Crippen LogP contribution >= 0.6 is 11.3 Å². The fourth-order valence-corrected chi connectivity index (χ4v) is 6.40. The van der Waals surface area contributed by atoms with Crippen molar-refractivity contribution >= 4 is 11.3 Å². The maximum absolute atomic E-state index is 13.7. The number of pyridine rings is 1. The summed E-state index contributed by atoms with van der Waals surface area (Å²) in [6.07, 6.45) is 5.18. The molecule has 0 N–H and O–H groups in total. The molecule has 2 aliphatic heterocycles. The largest absolute Gasteiger partial charge is 0.379 e. The van der Waals surface area contributed by atoms with Gasteiger partial charge in [-0.15, -0.1) is 11.3 Å². The minimum atomic E-state index is -0.0847. The Morgan fingerprint density at radius 3 is 2.44 bits per heavy atom. The molecule has 4 nitrogen and oxygen atoms in total. The molecule has 0 amide bonds. The van der Waals surface area contributed by atoms with Crippen molar-refractivity contribution in [3.05, 3.63) is 51.7 Å². The van der Waals surface area contributed by atoms with Crippen LogP contribution in [0, 0.1) is 17.5 Å². The highest BCUT2D eigenvalue weighted by atomic mass is 32.1. The molecule has 2 aliphatic rings. The maximum Gasteiger partial charge on any atom is 0.176 e. The van der Waals surface area contributed by atoms with Gasteiger partial charge in [0.15, 0.2) is 5.13 Å². The summed E-state index contributed by atoms with van der Waals surface area (Å²) in [5.74, 6) is 0. The highest BCUT2D eigenvalue weighted by molar-refractivity contribution is 7.10. The second kappa shape index (κ2) is 9.13. The van der Waals surface area contributed by atoms with Gasteiger partial charge in [-0.1, -0.05) is 6.07 Å². The van der Waals surface area contributed by atoms with Crippen molar-refractivity contribution < 1.29 is 9.13 Å². The predicted molar refractivity (Wildman–Crippen MR) is 130 cm³/mol. The number of morpholine rings is 1. The first kappa shape index (κ1) is 23.8. The smallest absolute Gasteiger partial charge is 0.176 e. The third kappa shape index (κ3) is 4.52. The molecule has 0 aromatic carbocycles. The maximum atomic E-state index is 13.7. The molecule has 0 bridgehead atoms. The Labute approximate surface area is 196 Å². The van der Waals surface area contributed by atoms with Gasteiger partial charge in [0.1, 0.15) is 0 Å². The Balaban J connectivity index is 1.61. The second-order valence-electron chi connectivity index (χ2n) is 10.6. The van der Waals surface area contributed by atoms with Crippen LogP contribution < -0.4 is 0 Å². The number of ether oxygens (including phenoxy) is 1. The van der Waals surface area contributed by atoms with Crippen molar-refractivity contribution in [2.45, 2.75) is 65.0 Å². The van der Waals surface area contributed by atoms with Gasteiger partial charge in [-0.25, -0.2) is 0 Å². The van der Waals surface area contributed by atoms with Crippen molar-refractivity contribution in [2.75, 3.05) is 39.4 Å². The highest BCUT2D eigenvalue weighted by Crippen LogP contribution is 2.50. The lowest BCUT2D eigenvalue weighted by Gasteiger charge is -2.53. The van der Waals surface area contributed by atoms with Crippen LogP contribution in [0.25, 0.3) is 0 Å². The van der Waals surface area contributed by atoms with Crippen molar-refractivity contribution in [3.63, 3.8) is 0 Å². The van der Waals surface area contributed by atoms with Gasteiger partial charge in [-0.3, -0.25) is 14.8 Å². The molecule has 2 saturated heterocycles. The Kier molecular flexibility index (Phi) is 6.79. The van der Waals surface area contributed by atoms with Crippen LogP contribution in [0.15, 0.2) is 30.5 Å². The summed E-state index contributed by atoms with van der Waals surface area (Å²) in [5.41, 5.74) is 2.39. The first-order chi connectivity index (χ1) is 15.1. The molecule has 0 saturated carbocycles. The molecular weight excluding hydrogens is 421 g/mol. The van der Waals surface area contributed by atoms with Crippen LogP contribution in [-0.4, -0.2) is 59.7 Å². The zero-order valence-electron chi connectivity index (χ0n) is 20.3. The summed E-state index contributed by atoms with van der Waals surface area (Å²) in [5, 5.41) is -0.0810. The summed E-state index contributed by atoms with van der Waals surface area (Å²) >= 11 is 1.30. The number of likely N-dealkylation sites (tertiary alicyclic amines) is 1. The number of halogens is 1. The zero-order valence-corrected chi connectivity index (χ0v) is 21.1. The summed E-state index contributed by atoms with van der Waals surface area (Å²) in [4.78, 5) is 11.0. The predicted octanol–water partition coefficient (Wildman–Crippen LogP) is 5.26. The van der Waals surface area contributed by atoms with Gasteiger partial charge in [0.2, 0.25) is 0 Å². The Bertz CT molecular complexity index is 904. The van der Waals surface area contributed by atoms with Crippen molar-refractivity contribution in [3.8, 4) is 0 Å². The van der Waals surface area contributed by atoms with E-state index in [-0.39, 0.29) is 21.6 Å². The fraction of sp³-hybridized carbons (Fsp3) is 0.654. The highest BCUT2D eigenvalue weighted by Gasteiger charge is 2.53. The van der Waals surface area contributed by atoms with Crippen LogP contribution in [0.3, 0.4) is 0 Å². The van der Waals surface area contributed by atoms with Crippen LogP contribution in [-0.2, 0) is 16.7 Å². The van der Waals surface area contributed by atoms with Gasteiger partial charge in [0.25, 0.3) is 0 Å². The topological polar surface area (TPSA) is 28.6 Å². The van der Waals surface area contributed by atoms with E-state index in [0.717, 1.165) is 69.2 Å². The standard InChI is InChI=1S/C26H38FN3OS/c1-20-6-7-21(18-28-20)24(2,3)30-13-12-26(19-30,11-10-22-8-9-23(27)32-22)25(4,5)29-14-16-31-17-15-29/h6-9,18H,10-17,19H2,1-5H3/t26-/m1/s1. The van der Waals surface area contributed by atoms with E-state index in [2.05, 4.69) is 54.6 Å². The van der Waals surface area contributed by atoms with Gasteiger partial charge in [-0.2, -0.15) is 4.39 Å². The average Bonchev–Trinajstić information content (AvgIpc) is 3.41. The van der Waals surface area contributed by atoms with Crippen LogP contribution in [0.4, 0.5) is 4.39 Å². The normalized spacial score (nSPS) is 23.7. The van der Waals surface area contributed by atoms with Crippen LogP contribution in [0.2, 0.25) is 0 Å². The van der Waals surface area contributed by atoms with Gasteiger partial charge >= 0.3 is 0 Å². The van der Waals surface area contributed by atoms with Gasteiger partial charge in [-0.05, 0) is 84.2 Å². The quantitative estimate of drug-likeness (QED) is 0.565. The molecule has 0 unspecified atom stereocenters. The third-order valence-electron chi connectivity index (χ3n) is 8.34. The van der Waals surface area contributed by atoms with E-state index in [4.69, 9.17) is 4.74 Å². The van der Waals surface area contributed by atoms with Gasteiger partial charge in [0, 0.05) is 52.9 Å². The third-order valence-corrected chi connectivity index (χ3v) is 9.27. The second-order valence-corrected chi connectivity index (χ2v) is 11.7. The molecule has 2 aromatic rings. The van der Waals surface area contributed by atoms with E-state index in [9.17, 15) is 4.39 Å². The molecule has 176 valence electrons. The molecule has 1 atom stereocenters. The molecule has 4 rings (SSSR count). The molecule has 32 heavy (non-hydrogen) atoms. The van der Waals surface area contributed by atoms with Gasteiger partial charge < -0.3 is 4.74 Å². The van der Waals surface area contributed by atoms with E-state index in [1.165, 1.54) is 16.9 Å². The molecule has 0 radical (unpaired) electrons. The van der Waals surface area contributed by atoms with Crippen molar-refractivity contribution in [1.82, 2.24) is 14.8 Å². The minimum absolute atomic E-state index is 0.0307. The Hall–Kier alpha value is -1.34. The van der Waals surface area contributed by atoms with E-state index in [1.54, 1.807) is 6.07 Å². The van der Waals surface area contributed by atoms with Gasteiger partial charge in [0.05, 0.1) is 13.2 Å². The summed E-state index contributed by atoms with van der Waals surface area (Å²) in [7, 11) is 0. The van der Waals surface area contributed by atoms with Crippen LogP contribution in [0.1, 0.15) is 56.7 Å². The molecular formula is C26H38FN3OS. The number of hydrogen-bond acceptors (Lipinski definition) is 5.